The van der Waals surface area contributed by atoms with E-state index < -0.39 is 9.04 Å². The third kappa shape index (κ3) is 4.14. The van der Waals surface area contributed by atoms with E-state index in [0.29, 0.717) is 6.54 Å². The van der Waals surface area contributed by atoms with Gasteiger partial charge in [0.25, 0.3) is 0 Å². The van der Waals surface area contributed by atoms with E-state index in [-0.39, 0.29) is 0 Å². The lowest BCUT2D eigenvalue weighted by atomic mass is 10.8. The fourth-order valence-corrected chi connectivity index (χ4v) is 0.724. The summed E-state index contributed by atoms with van der Waals surface area (Å²) in [5.41, 5.74) is 5.10. The largest absolute Gasteiger partial charge is 0.435 e. The van der Waals surface area contributed by atoms with Crippen molar-refractivity contribution in [3.05, 3.63) is 0 Å². The van der Waals surface area contributed by atoms with E-state index in [1.165, 1.54) is 0 Å². The Bertz CT molecular complexity index is 32.0. The van der Waals surface area contributed by atoms with Crippen molar-refractivity contribution >= 4 is 9.04 Å². The van der Waals surface area contributed by atoms with Crippen LogP contribution in [0.1, 0.15) is 0 Å². The van der Waals surface area contributed by atoms with Crippen molar-refractivity contribution in [2.24, 2.45) is 5.73 Å². The molecule has 3 N–H and O–H groups in total. The Labute approximate surface area is 39.7 Å². The fourth-order valence-electron chi connectivity index (χ4n) is 0.241. The van der Waals surface area contributed by atoms with Crippen molar-refractivity contribution in [3.63, 3.8) is 0 Å². The van der Waals surface area contributed by atoms with Gasteiger partial charge in [0.1, 0.15) is 0 Å². The van der Waals surface area contributed by atoms with Gasteiger partial charge in [-0.1, -0.05) is 0 Å². The van der Waals surface area contributed by atoms with Gasteiger partial charge in [-0.15, -0.1) is 0 Å². The van der Waals surface area contributed by atoms with Crippen LogP contribution in [0.4, 0.5) is 0 Å². The van der Waals surface area contributed by atoms with Crippen LogP contribution in [0.15, 0.2) is 0 Å². The topological polar surface area (TPSA) is 46.2 Å². The standard InChI is InChI=1S/C3H11NOSi/c1-6(5)3-2-4/h5-6H,2-4H2,1H3. The van der Waals surface area contributed by atoms with E-state index >= 15 is 0 Å². The van der Waals surface area contributed by atoms with Crippen molar-refractivity contribution in [1.82, 2.24) is 0 Å². The van der Waals surface area contributed by atoms with Crippen LogP contribution in [-0.4, -0.2) is 20.4 Å². The Morgan fingerprint density at radius 3 is 2.33 bits per heavy atom. The Hall–Kier alpha value is 0.137. The predicted molar refractivity (Wildman–Crippen MR) is 29.1 cm³/mol. The molecule has 0 aromatic heterocycles. The van der Waals surface area contributed by atoms with Gasteiger partial charge >= 0.3 is 0 Å². The zero-order chi connectivity index (χ0) is 4.99. The molecular formula is C3H11NOSi. The summed E-state index contributed by atoms with van der Waals surface area (Å²) in [5, 5.41) is 0. The zero-order valence-electron chi connectivity index (χ0n) is 4.02. The quantitative estimate of drug-likeness (QED) is 0.456. The van der Waals surface area contributed by atoms with Crippen LogP contribution in [0.3, 0.4) is 0 Å². The minimum Gasteiger partial charge on any atom is -0.435 e. The second-order valence-electron chi connectivity index (χ2n) is 1.43. The first-order chi connectivity index (χ1) is 2.77. The first-order valence-corrected chi connectivity index (χ1v) is 4.64. The number of hydrogen-bond acceptors (Lipinski definition) is 2. The molecular weight excluding hydrogens is 94.1 g/mol. The monoisotopic (exact) mass is 105 g/mol. The predicted octanol–water partition coefficient (Wildman–Crippen LogP) is -0.709. The average Bonchev–Trinajstić information content (AvgIpc) is 1.35. The Balaban J connectivity index is 2.63. The average molecular weight is 105 g/mol. The number of hydrogen-bond donors (Lipinski definition) is 2. The molecule has 0 rings (SSSR count). The van der Waals surface area contributed by atoms with Gasteiger partial charge in [-0.2, -0.15) is 0 Å². The maximum atomic E-state index is 8.61. The third-order valence-corrected chi connectivity index (χ3v) is 1.75. The molecule has 0 heterocycles. The highest BCUT2D eigenvalue weighted by molar-refractivity contribution is 6.48. The molecule has 0 radical (unpaired) electrons. The zero-order valence-corrected chi connectivity index (χ0v) is 5.17. The minimum absolute atomic E-state index is 0.643. The molecule has 0 spiro atoms. The van der Waals surface area contributed by atoms with Crippen molar-refractivity contribution < 1.29 is 4.80 Å². The first kappa shape index (κ1) is 6.14. The molecule has 1 atom stereocenters. The van der Waals surface area contributed by atoms with E-state index in [0.717, 1.165) is 6.04 Å². The summed E-state index contributed by atoms with van der Waals surface area (Å²) in [7, 11) is -1.30. The van der Waals surface area contributed by atoms with E-state index in [2.05, 4.69) is 0 Å². The van der Waals surface area contributed by atoms with Crippen LogP contribution in [0, 0.1) is 0 Å². The van der Waals surface area contributed by atoms with Crippen molar-refractivity contribution in [2.75, 3.05) is 6.54 Å². The lowest BCUT2D eigenvalue weighted by Crippen LogP contribution is -2.11. The van der Waals surface area contributed by atoms with Gasteiger partial charge < -0.3 is 10.5 Å². The van der Waals surface area contributed by atoms with Crippen LogP contribution in [0.2, 0.25) is 12.6 Å². The molecule has 0 aliphatic rings. The van der Waals surface area contributed by atoms with Gasteiger partial charge in [0.05, 0.1) is 0 Å². The molecule has 0 saturated carbocycles. The van der Waals surface area contributed by atoms with Crippen molar-refractivity contribution in [1.29, 1.82) is 0 Å². The second-order valence-corrected chi connectivity index (χ2v) is 3.70. The van der Waals surface area contributed by atoms with Gasteiger partial charge in [-0.05, 0) is 19.1 Å². The Morgan fingerprint density at radius 1 is 1.83 bits per heavy atom. The van der Waals surface area contributed by atoms with E-state index in [1.807, 2.05) is 6.55 Å². The molecule has 1 unspecified atom stereocenters. The Kier molecular flexibility index (Phi) is 3.41. The molecule has 2 nitrogen and oxygen atoms in total. The number of rotatable bonds is 2. The summed E-state index contributed by atoms with van der Waals surface area (Å²) < 4.78 is 0. The maximum Gasteiger partial charge on any atom is 0.170 e. The van der Waals surface area contributed by atoms with Gasteiger partial charge in [-0.25, -0.2) is 0 Å². The molecule has 0 aliphatic carbocycles. The lowest BCUT2D eigenvalue weighted by molar-refractivity contribution is 0.576. The lowest BCUT2D eigenvalue weighted by Gasteiger charge is -1.92. The molecule has 0 aliphatic heterocycles. The van der Waals surface area contributed by atoms with Crippen LogP contribution >= 0.6 is 0 Å². The molecule has 38 valence electrons. The molecule has 0 fully saturated rings. The van der Waals surface area contributed by atoms with Crippen molar-refractivity contribution in [2.45, 2.75) is 12.6 Å². The minimum atomic E-state index is -1.30. The molecule has 6 heavy (non-hydrogen) atoms. The highest BCUT2D eigenvalue weighted by Gasteiger charge is 1.91. The summed E-state index contributed by atoms with van der Waals surface area (Å²) in [4.78, 5) is 8.61. The SMILES string of the molecule is C[SiH](O)CCN. The van der Waals surface area contributed by atoms with Gasteiger partial charge in [-0.3, -0.25) is 0 Å². The molecule has 0 aromatic rings. The van der Waals surface area contributed by atoms with E-state index in [1.54, 1.807) is 0 Å². The highest BCUT2D eigenvalue weighted by atomic mass is 28.3. The second kappa shape index (κ2) is 3.33. The van der Waals surface area contributed by atoms with Crippen molar-refractivity contribution in [3.8, 4) is 0 Å². The smallest absolute Gasteiger partial charge is 0.170 e. The molecule has 0 saturated heterocycles. The van der Waals surface area contributed by atoms with Gasteiger partial charge in [0.15, 0.2) is 9.04 Å². The summed E-state index contributed by atoms with van der Waals surface area (Å²) in [5.74, 6) is 0. The van der Waals surface area contributed by atoms with Crippen LogP contribution in [-0.2, 0) is 0 Å². The third-order valence-electron chi connectivity index (χ3n) is 0.584. The summed E-state index contributed by atoms with van der Waals surface area (Å²) in [6, 6.07) is 0.847. The molecule has 0 amide bonds. The maximum absolute atomic E-state index is 8.61. The highest BCUT2D eigenvalue weighted by Crippen LogP contribution is 1.79. The Morgan fingerprint density at radius 2 is 2.33 bits per heavy atom. The summed E-state index contributed by atoms with van der Waals surface area (Å²) in [6.45, 7) is 2.51. The summed E-state index contributed by atoms with van der Waals surface area (Å²) in [6.07, 6.45) is 0. The van der Waals surface area contributed by atoms with Crippen LogP contribution < -0.4 is 5.73 Å². The molecule has 0 bridgehead atoms. The number of nitrogens with two attached hydrogens (primary N) is 1. The molecule has 0 aromatic carbocycles. The van der Waals surface area contributed by atoms with E-state index in [9.17, 15) is 0 Å². The van der Waals surface area contributed by atoms with Gasteiger partial charge in [0.2, 0.25) is 0 Å². The summed E-state index contributed by atoms with van der Waals surface area (Å²) >= 11 is 0. The van der Waals surface area contributed by atoms with E-state index in [4.69, 9.17) is 10.5 Å². The molecule has 3 heteroatoms. The normalized spacial score (nSPS) is 14.5. The fraction of sp³-hybridized carbons (Fsp3) is 1.00. The van der Waals surface area contributed by atoms with Crippen LogP contribution in [0.25, 0.3) is 0 Å². The van der Waals surface area contributed by atoms with Crippen LogP contribution in [0.5, 0.6) is 0 Å². The first-order valence-electron chi connectivity index (χ1n) is 2.15. The van der Waals surface area contributed by atoms with Gasteiger partial charge in [0, 0.05) is 0 Å².